The van der Waals surface area contributed by atoms with E-state index in [9.17, 15) is 4.79 Å². The van der Waals surface area contributed by atoms with Gasteiger partial charge in [0.2, 0.25) is 0 Å². The summed E-state index contributed by atoms with van der Waals surface area (Å²) in [6.07, 6.45) is 0.770. The molecule has 1 aliphatic heterocycles. The van der Waals surface area contributed by atoms with E-state index in [0.29, 0.717) is 0 Å². The molecule has 1 heterocycles. The molecule has 0 aromatic heterocycles. The van der Waals surface area contributed by atoms with Gasteiger partial charge in [-0.15, -0.1) is 0 Å². The summed E-state index contributed by atoms with van der Waals surface area (Å²) in [4.78, 5) is 12.4. The average Bonchev–Trinajstić information content (AvgIpc) is 2.54. The van der Waals surface area contributed by atoms with Crippen molar-refractivity contribution in [2.75, 3.05) is 12.4 Å². The molecule has 2 aromatic carbocycles. The number of carbonyl (C=O) groups is 1. The number of benzene rings is 2. The van der Waals surface area contributed by atoms with E-state index in [1.54, 1.807) is 7.11 Å². The van der Waals surface area contributed by atoms with E-state index in [-0.39, 0.29) is 11.9 Å². The number of methoxy groups -OCH3 is 1. The van der Waals surface area contributed by atoms with Gasteiger partial charge in [0.1, 0.15) is 12.3 Å². The molecule has 0 saturated carbocycles. The predicted octanol–water partition coefficient (Wildman–Crippen LogP) is 1.32. The van der Waals surface area contributed by atoms with E-state index < -0.39 is 0 Å². The highest BCUT2D eigenvalue weighted by molar-refractivity contribution is 5.94. The maximum Gasteiger partial charge on any atom is 0.282 e. The zero-order chi connectivity index (χ0) is 14.7. The molecule has 0 spiro atoms. The zero-order valence-corrected chi connectivity index (χ0v) is 12.0. The summed E-state index contributed by atoms with van der Waals surface area (Å²) in [5.74, 6) is 0.781. The van der Waals surface area contributed by atoms with Gasteiger partial charge in [0, 0.05) is 23.7 Å². The number of hydrogen-bond donors (Lipinski definition) is 2. The minimum Gasteiger partial charge on any atom is -0.497 e. The lowest BCUT2D eigenvalue weighted by Crippen LogP contribution is -2.92. The smallest absolute Gasteiger partial charge is 0.282 e. The van der Waals surface area contributed by atoms with Gasteiger partial charge in [0.25, 0.3) is 5.91 Å². The van der Waals surface area contributed by atoms with E-state index in [4.69, 9.17) is 4.74 Å². The quantitative estimate of drug-likeness (QED) is 0.892. The fraction of sp³-hybridized carbons (Fsp3) is 0.235. The Hall–Kier alpha value is -2.33. The molecule has 0 radical (unpaired) electrons. The third-order valence-electron chi connectivity index (χ3n) is 3.85. The standard InChI is InChI=1S/C17H18N2O2/c1-21-15-8-4-7-14(10-15)19-17(20)16-9-12-5-2-3-6-13(12)11-18-16/h2-8,10,16,18H,9,11H2,1H3,(H,19,20)/p+1/t16-/m0/s1. The number of anilines is 1. The molecule has 0 fully saturated rings. The molecular weight excluding hydrogens is 264 g/mol. The fourth-order valence-electron chi connectivity index (χ4n) is 2.68. The largest absolute Gasteiger partial charge is 0.497 e. The fourth-order valence-corrected chi connectivity index (χ4v) is 2.68. The van der Waals surface area contributed by atoms with Crippen LogP contribution >= 0.6 is 0 Å². The van der Waals surface area contributed by atoms with Crippen molar-refractivity contribution < 1.29 is 14.8 Å². The van der Waals surface area contributed by atoms with E-state index in [1.165, 1.54) is 11.1 Å². The van der Waals surface area contributed by atoms with Crippen LogP contribution in [0.5, 0.6) is 5.75 Å². The first-order chi connectivity index (χ1) is 10.3. The molecule has 0 bridgehead atoms. The average molecular weight is 283 g/mol. The van der Waals surface area contributed by atoms with Crippen LogP contribution in [0, 0.1) is 0 Å². The third-order valence-corrected chi connectivity index (χ3v) is 3.85. The summed E-state index contributed by atoms with van der Waals surface area (Å²) in [5, 5.41) is 5.06. The van der Waals surface area contributed by atoms with Crippen LogP contribution in [0.25, 0.3) is 0 Å². The first kappa shape index (κ1) is 13.6. The number of nitrogens with two attached hydrogens (primary N) is 1. The van der Waals surface area contributed by atoms with Gasteiger partial charge in [0.05, 0.1) is 7.11 Å². The van der Waals surface area contributed by atoms with E-state index in [1.807, 2.05) is 36.4 Å². The summed E-state index contributed by atoms with van der Waals surface area (Å²) < 4.78 is 5.17. The highest BCUT2D eigenvalue weighted by atomic mass is 16.5. The van der Waals surface area contributed by atoms with Crippen molar-refractivity contribution in [3.8, 4) is 5.75 Å². The predicted molar refractivity (Wildman–Crippen MR) is 81.2 cm³/mol. The van der Waals surface area contributed by atoms with Crippen LogP contribution in [0.3, 0.4) is 0 Å². The molecular formula is C17H19N2O2+. The van der Waals surface area contributed by atoms with Gasteiger partial charge in [0.15, 0.2) is 6.04 Å². The van der Waals surface area contributed by atoms with Gasteiger partial charge in [-0.1, -0.05) is 30.3 Å². The van der Waals surface area contributed by atoms with Crippen LogP contribution in [-0.4, -0.2) is 19.1 Å². The Kier molecular flexibility index (Phi) is 3.88. The van der Waals surface area contributed by atoms with Crippen LogP contribution in [-0.2, 0) is 17.8 Å². The normalized spacial score (nSPS) is 16.9. The third kappa shape index (κ3) is 3.06. The van der Waals surface area contributed by atoms with Crippen LogP contribution in [0.2, 0.25) is 0 Å². The molecule has 1 atom stereocenters. The van der Waals surface area contributed by atoms with Crippen molar-refractivity contribution in [2.45, 2.75) is 19.0 Å². The number of amides is 1. The number of hydrogen-bond acceptors (Lipinski definition) is 2. The molecule has 1 amide bonds. The van der Waals surface area contributed by atoms with Crippen molar-refractivity contribution in [1.82, 2.24) is 0 Å². The molecule has 2 aromatic rings. The summed E-state index contributed by atoms with van der Waals surface area (Å²) in [5.41, 5.74) is 3.36. The highest BCUT2D eigenvalue weighted by Gasteiger charge is 2.27. The summed E-state index contributed by atoms with van der Waals surface area (Å²) >= 11 is 0. The molecule has 3 N–H and O–H groups in total. The van der Waals surface area contributed by atoms with Crippen molar-refractivity contribution in [3.05, 3.63) is 59.7 Å². The molecule has 108 valence electrons. The van der Waals surface area contributed by atoms with Crippen LogP contribution < -0.4 is 15.4 Å². The molecule has 0 aliphatic carbocycles. The zero-order valence-electron chi connectivity index (χ0n) is 12.0. The number of ether oxygens (including phenoxy) is 1. The molecule has 4 nitrogen and oxygen atoms in total. The lowest BCUT2D eigenvalue weighted by molar-refractivity contribution is -0.694. The molecule has 4 heteroatoms. The second kappa shape index (κ2) is 5.97. The summed E-state index contributed by atoms with van der Waals surface area (Å²) in [6.45, 7) is 0.854. The van der Waals surface area contributed by atoms with Gasteiger partial charge >= 0.3 is 0 Å². The van der Waals surface area contributed by atoms with Gasteiger partial charge in [-0.3, -0.25) is 4.79 Å². The van der Waals surface area contributed by atoms with Gasteiger partial charge in [-0.2, -0.15) is 0 Å². The van der Waals surface area contributed by atoms with Crippen LogP contribution in [0.15, 0.2) is 48.5 Å². The Bertz CT molecular complexity index is 655. The molecule has 1 aliphatic rings. The Morgan fingerprint density at radius 2 is 2.00 bits per heavy atom. The lowest BCUT2D eigenvalue weighted by atomic mass is 9.95. The number of quaternary nitrogens is 1. The second-order valence-electron chi connectivity index (χ2n) is 5.24. The first-order valence-electron chi connectivity index (χ1n) is 7.11. The van der Waals surface area contributed by atoms with Gasteiger partial charge < -0.3 is 15.4 Å². The Morgan fingerprint density at radius 3 is 2.81 bits per heavy atom. The second-order valence-corrected chi connectivity index (χ2v) is 5.24. The number of fused-ring (bicyclic) bond motifs is 1. The topological polar surface area (TPSA) is 54.9 Å². The SMILES string of the molecule is COc1cccc(NC(=O)[C@@H]2Cc3ccccc3C[NH2+]2)c1. The Labute approximate surface area is 124 Å². The molecule has 0 unspecified atom stereocenters. The lowest BCUT2D eigenvalue weighted by Gasteiger charge is -2.22. The van der Waals surface area contributed by atoms with E-state index in [0.717, 1.165) is 24.4 Å². The maximum atomic E-state index is 12.4. The Morgan fingerprint density at radius 1 is 1.19 bits per heavy atom. The number of nitrogens with one attached hydrogen (secondary N) is 1. The summed E-state index contributed by atoms with van der Waals surface area (Å²) in [6, 6.07) is 15.7. The maximum absolute atomic E-state index is 12.4. The minimum absolute atomic E-state index is 0.0396. The first-order valence-corrected chi connectivity index (χ1v) is 7.11. The molecule has 3 rings (SSSR count). The number of rotatable bonds is 3. The van der Waals surface area contributed by atoms with Crippen molar-refractivity contribution in [3.63, 3.8) is 0 Å². The molecule has 21 heavy (non-hydrogen) atoms. The van der Waals surface area contributed by atoms with Gasteiger partial charge in [-0.25, -0.2) is 0 Å². The van der Waals surface area contributed by atoms with Crippen LogP contribution in [0.1, 0.15) is 11.1 Å². The highest BCUT2D eigenvalue weighted by Crippen LogP contribution is 2.18. The van der Waals surface area contributed by atoms with Crippen molar-refractivity contribution in [2.24, 2.45) is 0 Å². The number of carbonyl (C=O) groups excluding carboxylic acids is 1. The molecule has 0 saturated heterocycles. The van der Waals surface area contributed by atoms with Crippen molar-refractivity contribution in [1.29, 1.82) is 0 Å². The van der Waals surface area contributed by atoms with Crippen LogP contribution in [0.4, 0.5) is 5.69 Å². The monoisotopic (exact) mass is 283 g/mol. The van der Waals surface area contributed by atoms with E-state index in [2.05, 4.69) is 22.8 Å². The minimum atomic E-state index is -0.0777. The van der Waals surface area contributed by atoms with Gasteiger partial charge in [-0.05, 0) is 17.7 Å². The van der Waals surface area contributed by atoms with Crippen molar-refractivity contribution >= 4 is 11.6 Å². The summed E-state index contributed by atoms with van der Waals surface area (Å²) in [7, 11) is 1.62. The Balaban J connectivity index is 1.69. The van der Waals surface area contributed by atoms with E-state index >= 15 is 0 Å².